The zero-order valence-electron chi connectivity index (χ0n) is 12.7. The van der Waals surface area contributed by atoms with Crippen molar-refractivity contribution >= 4 is 34.8 Å². The Balaban J connectivity index is 1.72. The molecule has 5 heteroatoms. The summed E-state index contributed by atoms with van der Waals surface area (Å²) in [5.41, 5.74) is 1.64. The third kappa shape index (κ3) is 3.62. The molecule has 3 nitrogen and oxygen atoms in total. The summed E-state index contributed by atoms with van der Waals surface area (Å²) < 4.78 is 5.53. The Hall–Kier alpha value is -1.71. The molecule has 120 valence electrons. The van der Waals surface area contributed by atoms with Crippen molar-refractivity contribution in [3.63, 3.8) is 0 Å². The van der Waals surface area contributed by atoms with E-state index in [0.29, 0.717) is 28.1 Å². The fourth-order valence-corrected chi connectivity index (χ4v) is 3.16. The van der Waals surface area contributed by atoms with Crippen molar-refractivity contribution in [3.8, 4) is 5.75 Å². The number of anilines is 1. The molecule has 3 rings (SSSR count). The average molecular weight is 350 g/mol. The first-order chi connectivity index (χ1) is 11.1. The predicted octanol–water partition coefficient (Wildman–Crippen LogP) is 5.13. The molecule has 2 aromatic carbocycles. The highest BCUT2D eigenvalue weighted by atomic mass is 35.5. The van der Waals surface area contributed by atoms with E-state index in [9.17, 15) is 4.79 Å². The average Bonchev–Trinajstić information content (AvgIpc) is 3.31. The molecule has 0 saturated heterocycles. The smallest absolute Gasteiger partial charge is 0.228 e. The van der Waals surface area contributed by atoms with Gasteiger partial charge in [0.15, 0.2) is 0 Å². The minimum atomic E-state index is -0.0663. The van der Waals surface area contributed by atoms with Gasteiger partial charge in [0, 0.05) is 16.0 Å². The third-order valence-electron chi connectivity index (χ3n) is 3.93. The molecule has 0 radical (unpaired) electrons. The van der Waals surface area contributed by atoms with Gasteiger partial charge in [0.2, 0.25) is 5.91 Å². The molecular weight excluding hydrogens is 333 g/mol. The molecular formula is C18H17Cl2NO2. The minimum Gasteiger partial charge on any atom is -0.492 e. The van der Waals surface area contributed by atoms with Crippen LogP contribution in [0.3, 0.4) is 0 Å². The fourth-order valence-electron chi connectivity index (χ4n) is 2.71. The molecule has 0 aliphatic heterocycles. The minimum absolute atomic E-state index is 0.0295. The summed E-state index contributed by atoms with van der Waals surface area (Å²) in [6.07, 6.45) is 0.806. The molecule has 1 amide bonds. The van der Waals surface area contributed by atoms with Crippen molar-refractivity contribution in [1.82, 2.24) is 0 Å². The monoisotopic (exact) mass is 349 g/mol. The Labute approximate surface area is 145 Å². The van der Waals surface area contributed by atoms with Gasteiger partial charge in [0.1, 0.15) is 5.75 Å². The molecule has 1 aliphatic rings. The van der Waals surface area contributed by atoms with Gasteiger partial charge in [-0.2, -0.15) is 0 Å². The van der Waals surface area contributed by atoms with E-state index in [1.54, 1.807) is 18.2 Å². The summed E-state index contributed by atoms with van der Waals surface area (Å²) in [6.45, 7) is 2.42. The lowest BCUT2D eigenvalue weighted by atomic mass is 10.1. The first-order valence-electron chi connectivity index (χ1n) is 7.57. The van der Waals surface area contributed by atoms with E-state index in [-0.39, 0.29) is 17.7 Å². The van der Waals surface area contributed by atoms with E-state index in [4.69, 9.17) is 27.9 Å². The van der Waals surface area contributed by atoms with Gasteiger partial charge < -0.3 is 10.1 Å². The summed E-state index contributed by atoms with van der Waals surface area (Å²) in [7, 11) is 0. The largest absolute Gasteiger partial charge is 0.492 e. The Morgan fingerprint density at radius 2 is 2.04 bits per heavy atom. The zero-order valence-corrected chi connectivity index (χ0v) is 14.2. The maximum absolute atomic E-state index is 12.5. The normalized spacial score (nSPS) is 19.3. The number of halogens is 2. The van der Waals surface area contributed by atoms with Crippen LogP contribution in [0, 0.1) is 5.92 Å². The molecule has 0 heterocycles. The Morgan fingerprint density at radius 3 is 2.78 bits per heavy atom. The van der Waals surface area contributed by atoms with Gasteiger partial charge in [0.05, 0.1) is 12.3 Å². The van der Waals surface area contributed by atoms with Gasteiger partial charge in [0.25, 0.3) is 0 Å². The molecule has 23 heavy (non-hydrogen) atoms. The maximum atomic E-state index is 12.5. The summed E-state index contributed by atoms with van der Waals surface area (Å²) in [5.74, 6) is 0.708. The Kier molecular flexibility index (Phi) is 4.79. The molecule has 0 spiro atoms. The number of amides is 1. The van der Waals surface area contributed by atoms with Crippen LogP contribution in [0.2, 0.25) is 10.0 Å². The van der Waals surface area contributed by atoms with Crippen LogP contribution in [-0.4, -0.2) is 12.5 Å². The van der Waals surface area contributed by atoms with Crippen molar-refractivity contribution in [1.29, 1.82) is 0 Å². The zero-order chi connectivity index (χ0) is 16.4. The number of ether oxygens (including phenoxy) is 1. The van der Waals surface area contributed by atoms with Gasteiger partial charge in [-0.25, -0.2) is 0 Å². The predicted molar refractivity (Wildman–Crippen MR) is 93.6 cm³/mol. The van der Waals surface area contributed by atoms with Gasteiger partial charge in [-0.05, 0) is 49.1 Å². The highest BCUT2D eigenvalue weighted by molar-refractivity contribution is 6.31. The molecule has 1 aliphatic carbocycles. The van der Waals surface area contributed by atoms with Crippen molar-refractivity contribution in [2.45, 2.75) is 19.3 Å². The standard InChI is InChI=1S/C18H17Cl2NO2/c1-2-23-17-8-7-11(19)9-16(17)21-18(22)14-10-13(14)12-5-3-4-6-15(12)20/h3-9,13-14H,2,10H2,1H3,(H,21,22). The van der Waals surface area contributed by atoms with Crippen molar-refractivity contribution in [2.24, 2.45) is 5.92 Å². The molecule has 2 atom stereocenters. The number of carbonyl (C=O) groups excluding carboxylic acids is 1. The van der Waals surface area contributed by atoms with Crippen molar-refractivity contribution in [2.75, 3.05) is 11.9 Å². The molecule has 1 saturated carbocycles. The molecule has 1 N–H and O–H groups in total. The summed E-state index contributed by atoms with van der Waals surface area (Å²) >= 11 is 12.2. The molecule has 0 aromatic heterocycles. The Bertz CT molecular complexity index is 733. The second-order valence-corrected chi connectivity index (χ2v) is 6.38. The van der Waals surface area contributed by atoms with Crippen molar-refractivity contribution < 1.29 is 9.53 Å². The highest BCUT2D eigenvalue weighted by Crippen LogP contribution is 2.50. The van der Waals surface area contributed by atoms with Gasteiger partial charge in [-0.1, -0.05) is 41.4 Å². The molecule has 2 aromatic rings. The van der Waals surface area contributed by atoms with Crippen LogP contribution >= 0.6 is 23.2 Å². The Morgan fingerprint density at radius 1 is 1.26 bits per heavy atom. The molecule has 0 bridgehead atoms. The molecule has 2 unspecified atom stereocenters. The van der Waals surface area contributed by atoms with Crippen LogP contribution in [0.15, 0.2) is 42.5 Å². The number of rotatable bonds is 5. The van der Waals surface area contributed by atoms with Gasteiger partial charge in [-0.3, -0.25) is 4.79 Å². The lowest BCUT2D eigenvalue weighted by molar-refractivity contribution is -0.117. The first-order valence-corrected chi connectivity index (χ1v) is 8.33. The third-order valence-corrected chi connectivity index (χ3v) is 4.51. The lowest BCUT2D eigenvalue weighted by Gasteiger charge is -2.12. The first kappa shape index (κ1) is 16.2. The van der Waals surface area contributed by atoms with E-state index in [2.05, 4.69) is 5.32 Å². The second kappa shape index (κ2) is 6.81. The summed E-state index contributed by atoms with van der Waals surface area (Å²) in [6, 6.07) is 12.9. The highest BCUT2D eigenvalue weighted by Gasteiger charge is 2.44. The van der Waals surface area contributed by atoms with Gasteiger partial charge in [-0.15, -0.1) is 0 Å². The van der Waals surface area contributed by atoms with E-state index in [1.165, 1.54) is 0 Å². The van der Waals surface area contributed by atoms with Crippen LogP contribution in [0.1, 0.15) is 24.8 Å². The van der Waals surface area contributed by atoms with Crippen LogP contribution in [0.5, 0.6) is 5.75 Å². The maximum Gasteiger partial charge on any atom is 0.228 e. The van der Waals surface area contributed by atoms with Crippen LogP contribution in [0.4, 0.5) is 5.69 Å². The van der Waals surface area contributed by atoms with E-state index in [0.717, 1.165) is 12.0 Å². The van der Waals surface area contributed by atoms with Crippen LogP contribution < -0.4 is 10.1 Å². The number of nitrogens with one attached hydrogen (secondary N) is 1. The van der Waals surface area contributed by atoms with E-state index >= 15 is 0 Å². The van der Waals surface area contributed by atoms with Crippen molar-refractivity contribution in [3.05, 3.63) is 58.1 Å². The number of carbonyl (C=O) groups is 1. The van der Waals surface area contributed by atoms with Crippen LogP contribution in [0.25, 0.3) is 0 Å². The van der Waals surface area contributed by atoms with Crippen LogP contribution in [-0.2, 0) is 4.79 Å². The topological polar surface area (TPSA) is 38.3 Å². The lowest BCUT2D eigenvalue weighted by Crippen LogP contribution is -2.15. The quantitative estimate of drug-likeness (QED) is 0.811. The fraction of sp³-hybridized carbons (Fsp3) is 0.278. The van der Waals surface area contributed by atoms with E-state index in [1.807, 2.05) is 31.2 Å². The number of hydrogen-bond donors (Lipinski definition) is 1. The molecule has 1 fully saturated rings. The summed E-state index contributed by atoms with van der Waals surface area (Å²) in [4.78, 5) is 12.5. The number of hydrogen-bond acceptors (Lipinski definition) is 2. The summed E-state index contributed by atoms with van der Waals surface area (Å²) in [5, 5.41) is 4.20. The van der Waals surface area contributed by atoms with Gasteiger partial charge >= 0.3 is 0 Å². The second-order valence-electron chi connectivity index (χ2n) is 5.53. The van der Waals surface area contributed by atoms with E-state index < -0.39 is 0 Å². The SMILES string of the molecule is CCOc1ccc(Cl)cc1NC(=O)C1CC1c1ccccc1Cl. The number of benzene rings is 2.